The molecular weight excluding hydrogens is 296 g/mol. The molecule has 0 aliphatic carbocycles. The fourth-order valence-corrected chi connectivity index (χ4v) is 2.58. The van der Waals surface area contributed by atoms with Crippen LogP contribution in [0.25, 0.3) is 10.9 Å². The minimum Gasteiger partial charge on any atom is -0.488 e. The predicted molar refractivity (Wildman–Crippen MR) is 95.9 cm³/mol. The number of benzene rings is 2. The summed E-state index contributed by atoms with van der Waals surface area (Å²) in [4.78, 5) is 4.77. The largest absolute Gasteiger partial charge is 0.488 e. The molecular formula is C21H20N2O. The highest BCUT2D eigenvalue weighted by Gasteiger charge is 2.11. The smallest absolute Gasteiger partial charge is 0.131 e. The third kappa shape index (κ3) is 3.38. The lowest BCUT2D eigenvalue weighted by molar-refractivity contribution is 0.309. The van der Waals surface area contributed by atoms with Crippen molar-refractivity contribution in [3.63, 3.8) is 0 Å². The van der Waals surface area contributed by atoms with E-state index in [4.69, 9.17) is 15.0 Å². The van der Waals surface area contributed by atoms with Crippen LogP contribution < -0.4 is 4.74 Å². The van der Waals surface area contributed by atoms with Gasteiger partial charge in [-0.25, -0.2) is 0 Å². The van der Waals surface area contributed by atoms with Gasteiger partial charge in [-0.2, -0.15) is 5.26 Å². The van der Waals surface area contributed by atoms with E-state index in [1.165, 1.54) is 0 Å². The number of nitrogens with zero attached hydrogens (tertiary/aromatic N) is 2. The Morgan fingerprint density at radius 3 is 2.58 bits per heavy atom. The second-order valence-corrected chi connectivity index (χ2v) is 5.97. The van der Waals surface area contributed by atoms with Crippen molar-refractivity contribution < 1.29 is 4.74 Å². The highest BCUT2D eigenvalue weighted by molar-refractivity contribution is 5.85. The molecule has 1 unspecified atom stereocenters. The molecule has 0 N–H and O–H groups in total. The minimum atomic E-state index is 0.395. The van der Waals surface area contributed by atoms with E-state index >= 15 is 0 Å². The molecule has 3 nitrogen and oxygen atoms in total. The standard InChI is InChI=1S/C21H20N2O/c1-3-15(2)20-12-21(18-6-4-5-7-19(18)23-20)24-14-17-10-8-16(13-22)9-11-17/h4-12,15H,3,14H2,1-2H3. The summed E-state index contributed by atoms with van der Waals surface area (Å²) in [6.45, 7) is 4.82. The van der Waals surface area contributed by atoms with Crippen molar-refractivity contribution >= 4 is 10.9 Å². The average molecular weight is 316 g/mol. The number of ether oxygens (including phenoxy) is 1. The summed E-state index contributed by atoms with van der Waals surface area (Å²) >= 11 is 0. The van der Waals surface area contributed by atoms with Crippen LogP contribution in [0.5, 0.6) is 5.75 Å². The summed E-state index contributed by atoms with van der Waals surface area (Å²) in [7, 11) is 0. The lowest BCUT2D eigenvalue weighted by Crippen LogP contribution is -2.01. The van der Waals surface area contributed by atoms with E-state index in [9.17, 15) is 0 Å². The Morgan fingerprint density at radius 1 is 1.12 bits per heavy atom. The van der Waals surface area contributed by atoms with Crippen LogP contribution in [-0.4, -0.2) is 4.98 Å². The van der Waals surface area contributed by atoms with Gasteiger partial charge in [0.1, 0.15) is 12.4 Å². The van der Waals surface area contributed by atoms with E-state index in [1.807, 2.05) is 48.5 Å². The number of rotatable bonds is 5. The third-order valence-electron chi connectivity index (χ3n) is 4.29. The van der Waals surface area contributed by atoms with Crippen molar-refractivity contribution in [2.45, 2.75) is 32.8 Å². The lowest BCUT2D eigenvalue weighted by Gasteiger charge is -2.14. The lowest BCUT2D eigenvalue weighted by atomic mass is 10.0. The van der Waals surface area contributed by atoms with E-state index < -0.39 is 0 Å². The molecule has 0 fully saturated rings. The zero-order chi connectivity index (χ0) is 16.9. The van der Waals surface area contributed by atoms with Gasteiger partial charge in [-0.3, -0.25) is 4.98 Å². The Labute approximate surface area is 142 Å². The molecule has 0 amide bonds. The second kappa shape index (κ2) is 7.14. The Bertz CT molecular complexity index is 878. The SMILES string of the molecule is CCC(C)c1cc(OCc2ccc(C#N)cc2)c2ccccc2n1. The molecule has 0 spiro atoms. The number of aromatic nitrogens is 1. The summed E-state index contributed by atoms with van der Waals surface area (Å²) in [5, 5.41) is 9.90. The molecule has 2 aromatic carbocycles. The van der Waals surface area contributed by atoms with Crippen molar-refractivity contribution in [3.8, 4) is 11.8 Å². The first-order valence-corrected chi connectivity index (χ1v) is 8.22. The molecule has 3 rings (SSSR count). The van der Waals surface area contributed by atoms with Crippen LogP contribution in [0.3, 0.4) is 0 Å². The van der Waals surface area contributed by atoms with Gasteiger partial charge >= 0.3 is 0 Å². The minimum absolute atomic E-state index is 0.395. The summed E-state index contributed by atoms with van der Waals surface area (Å²) in [6, 6.07) is 19.7. The number of hydrogen-bond donors (Lipinski definition) is 0. The summed E-state index contributed by atoms with van der Waals surface area (Å²) < 4.78 is 6.09. The number of fused-ring (bicyclic) bond motifs is 1. The summed E-state index contributed by atoms with van der Waals surface area (Å²) in [5.41, 5.74) is 3.73. The zero-order valence-corrected chi connectivity index (χ0v) is 14.0. The zero-order valence-electron chi connectivity index (χ0n) is 14.0. The number of nitriles is 1. The van der Waals surface area contributed by atoms with Gasteiger partial charge in [0.15, 0.2) is 0 Å². The van der Waals surface area contributed by atoms with E-state index in [-0.39, 0.29) is 0 Å². The maximum Gasteiger partial charge on any atom is 0.131 e. The Morgan fingerprint density at radius 2 is 1.88 bits per heavy atom. The van der Waals surface area contributed by atoms with Crippen LogP contribution >= 0.6 is 0 Å². The molecule has 120 valence electrons. The molecule has 1 heterocycles. The van der Waals surface area contributed by atoms with Crippen molar-refractivity contribution in [2.75, 3.05) is 0 Å². The number of hydrogen-bond acceptors (Lipinski definition) is 3. The van der Waals surface area contributed by atoms with Crippen LogP contribution in [0.2, 0.25) is 0 Å². The van der Waals surface area contributed by atoms with Crippen LogP contribution in [0.4, 0.5) is 0 Å². The quantitative estimate of drug-likeness (QED) is 0.650. The molecule has 3 aromatic rings. The molecule has 0 aliphatic rings. The van der Waals surface area contributed by atoms with Crippen molar-refractivity contribution in [3.05, 3.63) is 71.4 Å². The van der Waals surface area contributed by atoms with Crippen LogP contribution in [0.1, 0.15) is 43.0 Å². The molecule has 0 saturated carbocycles. The van der Waals surface area contributed by atoms with E-state index in [2.05, 4.69) is 26.0 Å². The van der Waals surface area contributed by atoms with Crippen LogP contribution in [0, 0.1) is 11.3 Å². The number of para-hydroxylation sites is 1. The first kappa shape index (κ1) is 16.0. The van der Waals surface area contributed by atoms with Gasteiger partial charge in [-0.15, -0.1) is 0 Å². The average Bonchev–Trinajstić information content (AvgIpc) is 2.65. The maximum absolute atomic E-state index is 8.87. The van der Waals surface area contributed by atoms with Gasteiger partial charge < -0.3 is 4.74 Å². The van der Waals surface area contributed by atoms with Gasteiger partial charge in [0, 0.05) is 17.1 Å². The maximum atomic E-state index is 8.87. The van der Waals surface area contributed by atoms with Gasteiger partial charge in [-0.05, 0) is 42.2 Å². The topological polar surface area (TPSA) is 45.9 Å². The Hall–Kier alpha value is -2.86. The van der Waals surface area contributed by atoms with Gasteiger partial charge in [0.05, 0.1) is 17.1 Å². The molecule has 0 aliphatic heterocycles. The molecule has 0 saturated heterocycles. The monoisotopic (exact) mass is 316 g/mol. The van der Waals surface area contributed by atoms with Gasteiger partial charge in [0.2, 0.25) is 0 Å². The first-order valence-electron chi connectivity index (χ1n) is 8.22. The molecule has 0 radical (unpaired) electrons. The van der Waals surface area contributed by atoms with Crippen molar-refractivity contribution in [2.24, 2.45) is 0 Å². The fraction of sp³-hybridized carbons (Fsp3) is 0.238. The first-order chi connectivity index (χ1) is 11.7. The molecule has 24 heavy (non-hydrogen) atoms. The van der Waals surface area contributed by atoms with E-state index in [0.29, 0.717) is 18.1 Å². The van der Waals surface area contributed by atoms with Gasteiger partial charge in [-0.1, -0.05) is 38.1 Å². The van der Waals surface area contributed by atoms with Crippen LogP contribution in [0.15, 0.2) is 54.6 Å². The van der Waals surface area contributed by atoms with Gasteiger partial charge in [0.25, 0.3) is 0 Å². The highest BCUT2D eigenvalue weighted by atomic mass is 16.5. The van der Waals surface area contributed by atoms with Crippen molar-refractivity contribution in [1.29, 1.82) is 5.26 Å². The Balaban J connectivity index is 1.90. The summed E-state index contributed by atoms with van der Waals surface area (Å²) in [5.74, 6) is 1.26. The predicted octanol–water partition coefficient (Wildman–Crippen LogP) is 5.20. The fourth-order valence-electron chi connectivity index (χ4n) is 2.58. The second-order valence-electron chi connectivity index (χ2n) is 5.97. The Kier molecular flexibility index (Phi) is 4.77. The highest BCUT2D eigenvalue weighted by Crippen LogP contribution is 2.29. The normalized spacial score (nSPS) is 11.9. The summed E-state index contributed by atoms with van der Waals surface area (Å²) in [6.07, 6.45) is 1.04. The van der Waals surface area contributed by atoms with Crippen LogP contribution in [-0.2, 0) is 6.61 Å². The van der Waals surface area contributed by atoms with E-state index in [1.54, 1.807) is 0 Å². The van der Waals surface area contributed by atoms with E-state index in [0.717, 1.165) is 34.3 Å². The molecule has 0 bridgehead atoms. The third-order valence-corrected chi connectivity index (χ3v) is 4.29. The number of pyridine rings is 1. The van der Waals surface area contributed by atoms with Crippen molar-refractivity contribution in [1.82, 2.24) is 4.98 Å². The molecule has 1 aromatic heterocycles. The molecule has 3 heteroatoms. The molecule has 1 atom stereocenters.